The van der Waals surface area contributed by atoms with Gasteiger partial charge in [0.05, 0.1) is 5.56 Å². The third-order valence-electron chi connectivity index (χ3n) is 3.29. The van der Waals surface area contributed by atoms with E-state index in [0.717, 1.165) is 18.7 Å². The molecule has 0 saturated carbocycles. The number of nitrogens with one attached hydrogen (secondary N) is 1. The minimum Gasteiger partial charge on any atom is -0.457 e. The lowest BCUT2D eigenvalue weighted by Crippen LogP contribution is -2.06. The summed E-state index contributed by atoms with van der Waals surface area (Å²) in [4.78, 5) is 12.0. The largest absolute Gasteiger partial charge is 0.457 e. The average Bonchev–Trinajstić information content (AvgIpc) is 2.93. The van der Waals surface area contributed by atoms with E-state index in [4.69, 9.17) is 4.74 Å². The van der Waals surface area contributed by atoms with E-state index in [1.165, 1.54) is 11.1 Å². The molecule has 1 heterocycles. The van der Waals surface area contributed by atoms with E-state index >= 15 is 0 Å². The van der Waals surface area contributed by atoms with E-state index in [1.807, 2.05) is 48.5 Å². The molecule has 0 amide bonds. The van der Waals surface area contributed by atoms with Crippen LogP contribution in [0.5, 0.6) is 0 Å². The quantitative estimate of drug-likeness (QED) is 0.855. The fourth-order valence-corrected chi connectivity index (χ4v) is 2.23. The first-order chi connectivity index (χ1) is 9.33. The molecule has 0 aromatic heterocycles. The molecule has 3 rings (SSSR count). The summed E-state index contributed by atoms with van der Waals surface area (Å²) < 4.78 is 5.31. The lowest BCUT2D eigenvalue weighted by Gasteiger charge is -2.06. The van der Waals surface area contributed by atoms with Crippen LogP contribution in [0.1, 0.15) is 27.0 Å². The zero-order valence-corrected chi connectivity index (χ0v) is 10.6. The van der Waals surface area contributed by atoms with Crippen molar-refractivity contribution in [3.05, 3.63) is 70.8 Å². The topological polar surface area (TPSA) is 38.3 Å². The molecule has 0 radical (unpaired) electrons. The summed E-state index contributed by atoms with van der Waals surface area (Å²) in [6.07, 6.45) is 0. The SMILES string of the molecule is O=C(OCc1ccccc1)c1ccc2c(c1)CNC2. The Morgan fingerprint density at radius 1 is 1.05 bits per heavy atom. The highest BCUT2D eigenvalue weighted by Crippen LogP contribution is 2.17. The molecule has 0 spiro atoms. The second-order valence-corrected chi connectivity index (χ2v) is 4.65. The molecule has 2 aromatic carbocycles. The highest BCUT2D eigenvalue weighted by molar-refractivity contribution is 5.89. The van der Waals surface area contributed by atoms with Gasteiger partial charge in [-0.15, -0.1) is 0 Å². The van der Waals surface area contributed by atoms with Gasteiger partial charge in [0.1, 0.15) is 6.61 Å². The van der Waals surface area contributed by atoms with Gasteiger partial charge in [0.15, 0.2) is 0 Å². The average molecular weight is 253 g/mol. The van der Waals surface area contributed by atoms with Crippen molar-refractivity contribution in [2.75, 3.05) is 0 Å². The Kier molecular flexibility index (Phi) is 3.29. The third-order valence-corrected chi connectivity index (χ3v) is 3.29. The fourth-order valence-electron chi connectivity index (χ4n) is 2.23. The van der Waals surface area contributed by atoms with Crippen LogP contribution in [-0.2, 0) is 24.4 Å². The van der Waals surface area contributed by atoms with Gasteiger partial charge in [0.2, 0.25) is 0 Å². The molecule has 1 aliphatic heterocycles. The summed E-state index contributed by atoms with van der Waals surface area (Å²) in [7, 11) is 0. The van der Waals surface area contributed by atoms with Gasteiger partial charge in [-0.05, 0) is 28.8 Å². The first-order valence-corrected chi connectivity index (χ1v) is 6.36. The number of rotatable bonds is 3. The molecule has 0 saturated heterocycles. The van der Waals surface area contributed by atoms with E-state index in [9.17, 15) is 4.79 Å². The van der Waals surface area contributed by atoms with Gasteiger partial charge < -0.3 is 10.1 Å². The van der Waals surface area contributed by atoms with Crippen LogP contribution in [0.2, 0.25) is 0 Å². The van der Waals surface area contributed by atoms with Crippen molar-refractivity contribution in [2.45, 2.75) is 19.7 Å². The van der Waals surface area contributed by atoms with E-state index < -0.39 is 0 Å². The molecule has 2 aromatic rings. The Morgan fingerprint density at radius 3 is 2.68 bits per heavy atom. The number of carbonyl (C=O) groups excluding carboxylic acids is 1. The van der Waals surface area contributed by atoms with Crippen molar-refractivity contribution in [3.8, 4) is 0 Å². The normalized spacial score (nSPS) is 13.1. The second kappa shape index (κ2) is 5.24. The van der Waals surface area contributed by atoms with Gasteiger partial charge in [-0.1, -0.05) is 36.4 Å². The Hall–Kier alpha value is -2.13. The summed E-state index contributed by atoms with van der Waals surface area (Å²) in [6.45, 7) is 2.03. The number of hydrogen-bond donors (Lipinski definition) is 1. The van der Waals surface area contributed by atoms with Crippen molar-refractivity contribution < 1.29 is 9.53 Å². The molecule has 0 atom stereocenters. The molecular formula is C16H15NO2. The lowest BCUT2D eigenvalue weighted by atomic mass is 10.1. The smallest absolute Gasteiger partial charge is 0.338 e. The van der Waals surface area contributed by atoms with Crippen molar-refractivity contribution in [2.24, 2.45) is 0 Å². The van der Waals surface area contributed by atoms with Crippen molar-refractivity contribution >= 4 is 5.97 Å². The molecule has 19 heavy (non-hydrogen) atoms. The Balaban J connectivity index is 1.67. The van der Waals surface area contributed by atoms with E-state index in [1.54, 1.807) is 0 Å². The number of benzene rings is 2. The van der Waals surface area contributed by atoms with E-state index in [0.29, 0.717) is 12.2 Å². The van der Waals surface area contributed by atoms with Gasteiger partial charge in [-0.3, -0.25) is 0 Å². The van der Waals surface area contributed by atoms with Gasteiger partial charge in [0.25, 0.3) is 0 Å². The highest BCUT2D eigenvalue weighted by Gasteiger charge is 2.14. The van der Waals surface area contributed by atoms with Crippen LogP contribution in [0.15, 0.2) is 48.5 Å². The minimum atomic E-state index is -0.265. The van der Waals surface area contributed by atoms with Crippen LogP contribution >= 0.6 is 0 Å². The number of ether oxygens (including phenoxy) is 1. The molecule has 3 nitrogen and oxygen atoms in total. The zero-order valence-electron chi connectivity index (χ0n) is 10.6. The van der Waals surface area contributed by atoms with Crippen molar-refractivity contribution in [3.63, 3.8) is 0 Å². The highest BCUT2D eigenvalue weighted by atomic mass is 16.5. The third kappa shape index (κ3) is 2.66. The molecule has 96 valence electrons. The Bertz CT molecular complexity index is 593. The number of carbonyl (C=O) groups is 1. The molecule has 1 N–H and O–H groups in total. The summed E-state index contributed by atoms with van der Waals surface area (Å²) in [5.41, 5.74) is 4.07. The summed E-state index contributed by atoms with van der Waals surface area (Å²) >= 11 is 0. The maximum absolute atomic E-state index is 12.0. The van der Waals surface area contributed by atoms with Gasteiger partial charge in [-0.2, -0.15) is 0 Å². The molecular weight excluding hydrogens is 238 g/mol. The predicted octanol–water partition coefficient (Wildman–Crippen LogP) is 2.65. The number of fused-ring (bicyclic) bond motifs is 1. The second-order valence-electron chi connectivity index (χ2n) is 4.65. The van der Waals surface area contributed by atoms with Gasteiger partial charge in [-0.25, -0.2) is 4.79 Å². The molecule has 0 aliphatic carbocycles. The number of esters is 1. The monoisotopic (exact) mass is 253 g/mol. The molecule has 0 unspecified atom stereocenters. The van der Waals surface area contributed by atoms with Crippen LogP contribution in [0.25, 0.3) is 0 Å². The molecule has 0 bridgehead atoms. The fraction of sp³-hybridized carbons (Fsp3) is 0.188. The lowest BCUT2D eigenvalue weighted by molar-refractivity contribution is 0.0472. The van der Waals surface area contributed by atoms with Gasteiger partial charge in [0, 0.05) is 13.1 Å². The maximum atomic E-state index is 12.0. The van der Waals surface area contributed by atoms with Gasteiger partial charge >= 0.3 is 5.97 Å². The van der Waals surface area contributed by atoms with Crippen LogP contribution in [0, 0.1) is 0 Å². The molecule has 0 fully saturated rings. The predicted molar refractivity (Wildman–Crippen MR) is 72.5 cm³/mol. The first-order valence-electron chi connectivity index (χ1n) is 6.36. The van der Waals surface area contributed by atoms with Crippen LogP contribution in [0.3, 0.4) is 0 Å². The summed E-state index contributed by atoms with van der Waals surface area (Å²) in [6, 6.07) is 15.4. The zero-order chi connectivity index (χ0) is 13.1. The van der Waals surface area contributed by atoms with Crippen molar-refractivity contribution in [1.29, 1.82) is 0 Å². The number of hydrogen-bond acceptors (Lipinski definition) is 3. The van der Waals surface area contributed by atoms with E-state index in [-0.39, 0.29) is 5.97 Å². The maximum Gasteiger partial charge on any atom is 0.338 e. The standard InChI is InChI=1S/C16H15NO2/c18-16(19-11-12-4-2-1-3-5-12)13-6-7-14-9-17-10-15(14)8-13/h1-8,17H,9-11H2. The van der Waals surface area contributed by atoms with Crippen molar-refractivity contribution in [1.82, 2.24) is 5.32 Å². The first kappa shape index (κ1) is 11.9. The molecule has 3 heteroatoms. The van der Waals surface area contributed by atoms with Crippen LogP contribution in [0.4, 0.5) is 0 Å². The van der Waals surface area contributed by atoms with E-state index in [2.05, 4.69) is 5.32 Å². The molecule has 1 aliphatic rings. The minimum absolute atomic E-state index is 0.265. The Labute approximate surface area is 112 Å². The summed E-state index contributed by atoms with van der Waals surface area (Å²) in [5, 5.41) is 3.26. The van der Waals surface area contributed by atoms with Crippen LogP contribution < -0.4 is 5.32 Å². The Morgan fingerprint density at radius 2 is 1.84 bits per heavy atom. The summed E-state index contributed by atoms with van der Waals surface area (Å²) in [5.74, 6) is -0.265. The van der Waals surface area contributed by atoms with Crippen LogP contribution in [-0.4, -0.2) is 5.97 Å².